The molecule has 0 saturated heterocycles. The predicted molar refractivity (Wildman–Crippen MR) is 51.2 cm³/mol. The Morgan fingerprint density at radius 3 is 2.42 bits per heavy atom. The van der Waals surface area contributed by atoms with Crippen molar-refractivity contribution < 1.29 is 4.79 Å². The van der Waals surface area contributed by atoms with E-state index in [0.717, 1.165) is 11.2 Å². The zero-order valence-electron chi connectivity index (χ0n) is 7.22. The van der Waals surface area contributed by atoms with E-state index < -0.39 is 0 Å². The number of aromatic nitrogens is 1. The van der Waals surface area contributed by atoms with Gasteiger partial charge in [0.25, 0.3) is 0 Å². The van der Waals surface area contributed by atoms with Crippen LogP contribution in [0, 0.1) is 0 Å². The quantitative estimate of drug-likeness (QED) is 0.657. The highest BCUT2D eigenvalue weighted by Gasteiger charge is 2.21. The minimum absolute atomic E-state index is 0.0545. The summed E-state index contributed by atoms with van der Waals surface area (Å²) in [5.41, 5.74) is 0.415. The molecule has 2 nitrogen and oxygen atoms in total. The third kappa shape index (κ3) is 1.84. The minimum Gasteiger partial charge on any atom is -0.296 e. The third-order valence-electron chi connectivity index (χ3n) is 1.42. The zero-order valence-corrected chi connectivity index (χ0v) is 8.79. The smallest absolute Gasteiger partial charge is 0.184 e. The number of thiazole rings is 1. The van der Waals surface area contributed by atoms with E-state index in [2.05, 4.69) is 4.98 Å². The average Bonchev–Trinajstić information content (AvgIpc) is 2.29. The number of carbonyl (C=O) groups is 1. The minimum atomic E-state index is -0.0545. The van der Waals surface area contributed by atoms with Crippen molar-refractivity contribution in [1.29, 1.82) is 0 Å². The van der Waals surface area contributed by atoms with Crippen molar-refractivity contribution in [2.75, 3.05) is 0 Å². The molecule has 0 amide bonds. The molecule has 0 atom stereocenters. The molecule has 0 aliphatic carbocycles. The van der Waals surface area contributed by atoms with Gasteiger partial charge >= 0.3 is 0 Å². The third-order valence-corrected chi connectivity index (χ3v) is 3.02. The largest absolute Gasteiger partial charge is 0.296 e. The van der Waals surface area contributed by atoms with Crippen molar-refractivity contribution >= 4 is 29.2 Å². The van der Waals surface area contributed by atoms with Crippen molar-refractivity contribution in [1.82, 2.24) is 4.98 Å². The highest BCUT2D eigenvalue weighted by atomic mass is 35.5. The van der Waals surface area contributed by atoms with E-state index in [0.29, 0.717) is 10.2 Å². The molecule has 0 aliphatic heterocycles. The van der Waals surface area contributed by atoms with E-state index in [-0.39, 0.29) is 5.41 Å². The van der Waals surface area contributed by atoms with Gasteiger partial charge in [-0.15, -0.1) is 11.3 Å². The van der Waals surface area contributed by atoms with Gasteiger partial charge in [0.05, 0.1) is 0 Å². The molecule has 0 aliphatic rings. The second-order valence-electron chi connectivity index (χ2n) is 3.55. The summed E-state index contributed by atoms with van der Waals surface area (Å²) < 4.78 is 0.432. The molecule has 0 unspecified atom stereocenters. The van der Waals surface area contributed by atoms with Crippen LogP contribution in [-0.2, 0) is 5.41 Å². The fraction of sp³-hybridized carbons (Fsp3) is 0.500. The van der Waals surface area contributed by atoms with Crippen LogP contribution in [-0.4, -0.2) is 11.3 Å². The first-order chi connectivity index (χ1) is 5.45. The molecule has 0 radical (unpaired) electrons. The lowest BCUT2D eigenvalue weighted by molar-refractivity contribution is 0.111. The Hall–Kier alpha value is -0.410. The second kappa shape index (κ2) is 3.15. The molecule has 0 aromatic carbocycles. The van der Waals surface area contributed by atoms with Crippen LogP contribution < -0.4 is 0 Å². The number of hydrogen-bond donors (Lipinski definition) is 0. The van der Waals surface area contributed by atoms with Crippen LogP contribution in [0.5, 0.6) is 0 Å². The lowest BCUT2D eigenvalue weighted by Gasteiger charge is -2.15. The Morgan fingerprint density at radius 1 is 1.50 bits per heavy atom. The van der Waals surface area contributed by atoms with E-state index >= 15 is 0 Å². The standard InChI is InChI=1S/C8H10ClNOS/c1-8(2,3)6-5(4-11)10-7(9)12-6/h4H,1-3H3. The van der Waals surface area contributed by atoms with Gasteiger partial charge in [-0.2, -0.15) is 0 Å². The Balaban J connectivity index is 3.22. The molecule has 1 rings (SSSR count). The Kier molecular flexibility index (Phi) is 2.54. The molecule has 0 fully saturated rings. The summed E-state index contributed by atoms with van der Waals surface area (Å²) in [6, 6.07) is 0. The maximum Gasteiger partial charge on any atom is 0.184 e. The predicted octanol–water partition coefficient (Wildman–Crippen LogP) is 2.91. The number of hydrogen-bond acceptors (Lipinski definition) is 3. The molecular weight excluding hydrogens is 194 g/mol. The molecule has 1 aromatic heterocycles. The van der Waals surface area contributed by atoms with Crippen LogP contribution in [0.25, 0.3) is 0 Å². The van der Waals surface area contributed by atoms with Gasteiger partial charge in [-0.25, -0.2) is 4.98 Å². The van der Waals surface area contributed by atoms with E-state index in [1.54, 1.807) is 0 Å². The molecule has 0 saturated carbocycles. The Bertz CT molecular complexity index is 300. The van der Waals surface area contributed by atoms with Crippen LogP contribution in [0.2, 0.25) is 4.47 Å². The monoisotopic (exact) mass is 203 g/mol. The van der Waals surface area contributed by atoms with E-state index in [1.807, 2.05) is 20.8 Å². The first-order valence-corrected chi connectivity index (χ1v) is 4.76. The van der Waals surface area contributed by atoms with Gasteiger partial charge in [0.15, 0.2) is 10.8 Å². The molecule has 66 valence electrons. The molecule has 0 N–H and O–H groups in total. The van der Waals surface area contributed by atoms with Crippen LogP contribution in [0.1, 0.15) is 36.1 Å². The van der Waals surface area contributed by atoms with Gasteiger partial charge in [-0.05, 0) is 5.41 Å². The van der Waals surface area contributed by atoms with Gasteiger partial charge < -0.3 is 0 Å². The van der Waals surface area contributed by atoms with Gasteiger partial charge in [-0.1, -0.05) is 32.4 Å². The first kappa shape index (κ1) is 9.68. The molecule has 0 spiro atoms. The lowest BCUT2D eigenvalue weighted by Crippen LogP contribution is -2.11. The van der Waals surface area contributed by atoms with Crippen molar-refractivity contribution in [2.24, 2.45) is 0 Å². The maximum absolute atomic E-state index is 10.6. The fourth-order valence-electron chi connectivity index (χ4n) is 0.922. The second-order valence-corrected chi connectivity index (χ2v) is 5.13. The Labute approximate surface area is 80.6 Å². The normalized spacial score (nSPS) is 11.7. The summed E-state index contributed by atoms with van der Waals surface area (Å²) in [4.78, 5) is 15.4. The topological polar surface area (TPSA) is 30.0 Å². The van der Waals surface area contributed by atoms with Crippen LogP contribution in [0.4, 0.5) is 0 Å². The number of nitrogens with zero attached hydrogens (tertiary/aromatic N) is 1. The summed E-state index contributed by atoms with van der Waals surface area (Å²) in [6.07, 6.45) is 0.753. The summed E-state index contributed by atoms with van der Waals surface area (Å²) in [5.74, 6) is 0. The summed E-state index contributed by atoms with van der Waals surface area (Å²) in [5, 5.41) is 0. The summed E-state index contributed by atoms with van der Waals surface area (Å²) in [6.45, 7) is 6.09. The van der Waals surface area contributed by atoms with Gasteiger partial charge in [0.2, 0.25) is 0 Å². The SMILES string of the molecule is CC(C)(C)c1sc(Cl)nc1C=O. The van der Waals surface area contributed by atoms with Crippen molar-refractivity contribution in [2.45, 2.75) is 26.2 Å². The number of carbonyl (C=O) groups excluding carboxylic acids is 1. The molecule has 12 heavy (non-hydrogen) atoms. The molecule has 0 bridgehead atoms. The van der Waals surface area contributed by atoms with E-state index in [9.17, 15) is 4.79 Å². The first-order valence-electron chi connectivity index (χ1n) is 3.57. The number of aldehydes is 1. The van der Waals surface area contributed by atoms with Crippen molar-refractivity contribution in [3.05, 3.63) is 15.0 Å². The lowest BCUT2D eigenvalue weighted by atomic mass is 9.93. The number of rotatable bonds is 1. The van der Waals surface area contributed by atoms with Gasteiger partial charge in [-0.3, -0.25) is 4.79 Å². The maximum atomic E-state index is 10.6. The molecule has 1 heterocycles. The Morgan fingerprint density at radius 2 is 2.08 bits per heavy atom. The summed E-state index contributed by atoms with van der Waals surface area (Å²) >= 11 is 7.07. The molecular formula is C8H10ClNOS. The van der Waals surface area contributed by atoms with Crippen LogP contribution >= 0.6 is 22.9 Å². The molecule has 4 heteroatoms. The molecule has 1 aromatic rings. The van der Waals surface area contributed by atoms with Crippen LogP contribution in [0.3, 0.4) is 0 Å². The highest BCUT2D eigenvalue weighted by molar-refractivity contribution is 7.16. The van der Waals surface area contributed by atoms with Gasteiger partial charge in [0.1, 0.15) is 5.69 Å². The average molecular weight is 204 g/mol. The number of halogens is 1. The van der Waals surface area contributed by atoms with Crippen molar-refractivity contribution in [3.63, 3.8) is 0 Å². The van der Waals surface area contributed by atoms with Crippen molar-refractivity contribution in [3.8, 4) is 0 Å². The summed E-state index contributed by atoms with van der Waals surface area (Å²) in [7, 11) is 0. The highest BCUT2D eigenvalue weighted by Crippen LogP contribution is 2.32. The van der Waals surface area contributed by atoms with E-state index in [1.165, 1.54) is 11.3 Å². The van der Waals surface area contributed by atoms with Crippen LogP contribution in [0.15, 0.2) is 0 Å². The zero-order chi connectivity index (χ0) is 9.35. The van der Waals surface area contributed by atoms with E-state index in [4.69, 9.17) is 11.6 Å². The fourth-order valence-corrected chi connectivity index (χ4v) is 2.06. The van der Waals surface area contributed by atoms with Gasteiger partial charge in [0, 0.05) is 4.88 Å².